The van der Waals surface area contributed by atoms with E-state index < -0.39 is 0 Å². The SMILES string of the molecule is CC=CC(=CN=C(C)CC)C1=CC(CC)C2=C(O1)C(=O)NCCC2c1ccc(O)cc1. The molecule has 2 heterocycles. The third-order valence-corrected chi connectivity index (χ3v) is 5.83. The zero-order valence-electron chi connectivity index (χ0n) is 18.8. The number of rotatable bonds is 6. The van der Waals surface area contributed by atoms with Crippen molar-refractivity contribution in [3.8, 4) is 5.75 Å². The first-order valence-corrected chi connectivity index (χ1v) is 11.1. The van der Waals surface area contributed by atoms with Gasteiger partial charge in [-0.25, -0.2) is 0 Å². The molecular formula is C26H32N2O3. The number of hydrogen-bond acceptors (Lipinski definition) is 4. The number of aliphatic imine (C=N–C) groups is 1. The average molecular weight is 421 g/mol. The largest absolute Gasteiger partial charge is 0.508 e. The number of carbonyl (C=O) groups excluding carboxylic acids is 1. The number of phenolic OH excluding ortho intramolecular Hbond substituents is 1. The number of benzene rings is 1. The highest BCUT2D eigenvalue weighted by Gasteiger charge is 2.36. The van der Waals surface area contributed by atoms with Crippen LogP contribution in [0.4, 0.5) is 0 Å². The van der Waals surface area contributed by atoms with E-state index in [1.165, 1.54) is 0 Å². The highest BCUT2D eigenvalue weighted by atomic mass is 16.5. The lowest BCUT2D eigenvalue weighted by molar-refractivity contribution is -0.120. The smallest absolute Gasteiger partial charge is 0.287 e. The molecule has 0 saturated heterocycles. The van der Waals surface area contributed by atoms with E-state index in [2.05, 4.69) is 30.2 Å². The van der Waals surface area contributed by atoms with Crippen molar-refractivity contribution in [2.24, 2.45) is 10.9 Å². The Morgan fingerprint density at radius 3 is 2.68 bits per heavy atom. The molecule has 5 nitrogen and oxygen atoms in total. The van der Waals surface area contributed by atoms with Crippen molar-refractivity contribution < 1.29 is 14.6 Å². The van der Waals surface area contributed by atoms with Gasteiger partial charge in [-0.2, -0.15) is 0 Å². The lowest BCUT2D eigenvalue weighted by Gasteiger charge is -2.30. The van der Waals surface area contributed by atoms with Crippen molar-refractivity contribution in [2.75, 3.05) is 6.54 Å². The molecule has 0 fully saturated rings. The van der Waals surface area contributed by atoms with Gasteiger partial charge in [-0.3, -0.25) is 9.79 Å². The fourth-order valence-corrected chi connectivity index (χ4v) is 3.99. The van der Waals surface area contributed by atoms with Gasteiger partial charge in [0.2, 0.25) is 0 Å². The van der Waals surface area contributed by atoms with Crippen molar-refractivity contribution >= 4 is 11.6 Å². The monoisotopic (exact) mass is 420 g/mol. The molecule has 3 rings (SSSR count). The number of ether oxygens (including phenoxy) is 1. The number of nitrogens with one attached hydrogen (secondary N) is 1. The maximum atomic E-state index is 13.0. The van der Waals surface area contributed by atoms with Gasteiger partial charge in [0.15, 0.2) is 5.76 Å². The molecule has 0 bridgehead atoms. The van der Waals surface area contributed by atoms with Crippen LogP contribution < -0.4 is 5.32 Å². The summed E-state index contributed by atoms with van der Waals surface area (Å²) in [5.41, 5.74) is 3.97. The normalized spacial score (nSPS) is 22.6. The number of carbonyl (C=O) groups is 1. The summed E-state index contributed by atoms with van der Waals surface area (Å²) in [5.74, 6) is 1.25. The standard InChI is InChI=1S/C26H32N2O3/c1-5-8-20(16-28-17(4)6-2)23-15-18(7-3)24-22(19-9-11-21(29)12-10-19)13-14-27-26(30)25(24)31-23/h5,8-12,15-16,18,22,29H,6-7,13-14H2,1-4H3,(H,27,30). The highest BCUT2D eigenvalue weighted by Crippen LogP contribution is 2.43. The van der Waals surface area contributed by atoms with E-state index in [-0.39, 0.29) is 23.5 Å². The van der Waals surface area contributed by atoms with Gasteiger partial charge in [-0.15, -0.1) is 0 Å². The van der Waals surface area contributed by atoms with Gasteiger partial charge in [0.25, 0.3) is 5.91 Å². The number of aromatic hydroxyl groups is 1. The Bertz CT molecular complexity index is 965. The van der Waals surface area contributed by atoms with E-state index in [4.69, 9.17) is 4.74 Å². The van der Waals surface area contributed by atoms with Crippen molar-refractivity contribution in [1.29, 1.82) is 0 Å². The molecule has 0 saturated carbocycles. The average Bonchev–Trinajstić information content (AvgIpc) is 2.95. The fourth-order valence-electron chi connectivity index (χ4n) is 3.99. The fraction of sp³-hybridized carbons (Fsp3) is 0.385. The van der Waals surface area contributed by atoms with Crippen molar-refractivity contribution in [2.45, 2.75) is 52.9 Å². The molecule has 0 aliphatic carbocycles. The van der Waals surface area contributed by atoms with Crippen LogP contribution in [0.5, 0.6) is 5.75 Å². The Morgan fingerprint density at radius 2 is 2.03 bits per heavy atom. The quantitative estimate of drug-likeness (QED) is 0.470. The molecule has 0 aromatic heterocycles. The maximum absolute atomic E-state index is 13.0. The predicted octanol–water partition coefficient (Wildman–Crippen LogP) is 5.52. The summed E-state index contributed by atoms with van der Waals surface area (Å²) in [6.07, 6.45) is 10.4. The van der Waals surface area contributed by atoms with Gasteiger partial charge < -0.3 is 15.2 Å². The first-order valence-electron chi connectivity index (χ1n) is 11.1. The summed E-state index contributed by atoms with van der Waals surface area (Å²) in [5, 5.41) is 12.7. The van der Waals surface area contributed by atoms with Gasteiger partial charge in [0, 0.05) is 35.9 Å². The van der Waals surface area contributed by atoms with Crippen LogP contribution in [0, 0.1) is 5.92 Å². The van der Waals surface area contributed by atoms with Crippen LogP contribution in [-0.2, 0) is 9.53 Å². The van der Waals surface area contributed by atoms with E-state index in [9.17, 15) is 9.90 Å². The topological polar surface area (TPSA) is 70.9 Å². The lowest BCUT2D eigenvalue weighted by Crippen LogP contribution is -2.27. The van der Waals surface area contributed by atoms with Gasteiger partial charge >= 0.3 is 0 Å². The summed E-state index contributed by atoms with van der Waals surface area (Å²) in [6.45, 7) is 8.72. The predicted molar refractivity (Wildman–Crippen MR) is 125 cm³/mol. The van der Waals surface area contributed by atoms with Crippen LogP contribution in [-0.4, -0.2) is 23.3 Å². The Hall–Kier alpha value is -3.08. The summed E-state index contributed by atoms with van der Waals surface area (Å²) in [6, 6.07) is 7.25. The molecular weight excluding hydrogens is 388 g/mol. The van der Waals surface area contributed by atoms with Crippen LogP contribution in [0.3, 0.4) is 0 Å². The minimum absolute atomic E-state index is 0.0480. The molecule has 2 unspecified atom stereocenters. The van der Waals surface area contributed by atoms with E-state index in [1.807, 2.05) is 44.3 Å². The lowest BCUT2D eigenvalue weighted by atomic mass is 9.78. The summed E-state index contributed by atoms with van der Waals surface area (Å²) in [7, 11) is 0. The van der Waals surface area contributed by atoms with Gasteiger partial charge in [-0.05, 0) is 62.5 Å². The molecule has 5 heteroatoms. The molecule has 0 spiro atoms. The number of nitrogens with zero attached hydrogens (tertiary/aromatic N) is 1. The second-order valence-electron chi connectivity index (χ2n) is 7.92. The van der Waals surface area contributed by atoms with Crippen LogP contribution in [0.1, 0.15) is 58.4 Å². The summed E-state index contributed by atoms with van der Waals surface area (Å²) < 4.78 is 6.26. The number of hydrogen-bond donors (Lipinski definition) is 2. The van der Waals surface area contributed by atoms with Gasteiger partial charge in [0.05, 0.1) is 0 Å². The van der Waals surface area contributed by atoms with Crippen molar-refractivity contribution in [1.82, 2.24) is 5.32 Å². The Kier molecular flexibility index (Phi) is 7.50. The summed E-state index contributed by atoms with van der Waals surface area (Å²) >= 11 is 0. The number of phenols is 1. The van der Waals surface area contributed by atoms with Crippen LogP contribution in [0.2, 0.25) is 0 Å². The van der Waals surface area contributed by atoms with Crippen LogP contribution in [0.25, 0.3) is 0 Å². The molecule has 164 valence electrons. The molecule has 1 amide bonds. The second kappa shape index (κ2) is 10.3. The molecule has 2 N–H and O–H groups in total. The molecule has 2 aliphatic heterocycles. The van der Waals surface area contributed by atoms with Crippen LogP contribution >= 0.6 is 0 Å². The van der Waals surface area contributed by atoms with E-state index in [0.29, 0.717) is 18.1 Å². The number of allylic oxidation sites excluding steroid dienone is 4. The van der Waals surface area contributed by atoms with E-state index in [0.717, 1.165) is 41.7 Å². The highest BCUT2D eigenvalue weighted by molar-refractivity contribution is 5.93. The van der Waals surface area contributed by atoms with Gasteiger partial charge in [0.1, 0.15) is 11.5 Å². The van der Waals surface area contributed by atoms with Crippen molar-refractivity contribution in [3.05, 3.63) is 76.9 Å². The zero-order valence-corrected chi connectivity index (χ0v) is 18.8. The third kappa shape index (κ3) is 5.16. The molecule has 31 heavy (non-hydrogen) atoms. The molecule has 1 aromatic rings. The van der Waals surface area contributed by atoms with Gasteiger partial charge in [-0.1, -0.05) is 38.1 Å². The van der Waals surface area contributed by atoms with E-state index in [1.54, 1.807) is 12.1 Å². The minimum Gasteiger partial charge on any atom is -0.508 e. The van der Waals surface area contributed by atoms with Crippen LogP contribution in [0.15, 0.2) is 76.4 Å². The maximum Gasteiger partial charge on any atom is 0.287 e. The number of amides is 1. The first kappa shape index (κ1) is 22.6. The Balaban J connectivity index is 2.06. The third-order valence-electron chi connectivity index (χ3n) is 5.83. The van der Waals surface area contributed by atoms with Crippen molar-refractivity contribution in [3.63, 3.8) is 0 Å². The van der Waals surface area contributed by atoms with E-state index >= 15 is 0 Å². The Labute approximate surface area is 184 Å². The molecule has 1 aromatic carbocycles. The minimum atomic E-state index is -0.173. The second-order valence-corrected chi connectivity index (χ2v) is 7.92. The Morgan fingerprint density at radius 1 is 1.29 bits per heavy atom. The molecule has 2 atom stereocenters. The molecule has 0 radical (unpaired) electrons. The first-order chi connectivity index (χ1) is 15.0. The zero-order chi connectivity index (χ0) is 22.4. The molecule has 2 aliphatic rings. The summed E-state index contributed by atoms with van der Waals surface area (Å²) in [4.78, 5) is 17.5.